The third-order valence-electron chi connectivity index (χ3n) is 5.73. The molecule has 2 aromatic carbocycles. The normalized spacial score (nSPS) is 13.7. The van der Waals surface area contributed by atoms with E-state index in [-0.39, 0.29) is 23.4 Å². The number of thiophene rings is 1. The second-order valence-corrected chi connectivity index (χ2v) is 9.24. The Hall–Kier alpha value is -3.71. The first-order valence-corrected chi connectivity index (χ1v) is 12.1. The maximum Gasteiger partial charge on any atom is 0.268 e. The molecule has 3 aromatic rings. The van der Waals surface area contributed by atoms with Crippen molar-refractivity contribution in [1.29, 1.82) is 0 Å². The van der Waals surface area contributed by atoms with E-state index >= 15 is 0 Å². The molecule has 1 aromatic heterocycles. The Morgan fingerprint density at radius 2 is 1.79 bits per heavy atom. The van der Waals surface area contributed by atoms with E-state index in [1.54, 1.807) is 18.2 Å². The van der Waals surface area contributed by atoms with Gasteiger partial charge in [0, 0.05) is 36.5 Å². The van der Waals surface area contributed by atoms with Gasteiger partial charge in [0.1, 0.15) is 5.70 Å². The Balaban J connectivity index is 1.41. The first-order valence-electron chi connectivity index (χ1n) is 11.3. The van der Waals surface area contributed by atoms with Crippen LogP contribution >= 0.6 is 11.3 Å². The second kappa shape index (κ2) is 10.9. The van der Waals surface area contributed by atoms with Crippen LogP contribution in [0, 0.1) is 6.92 Å². The van der Waals surface area contributed by atoms with E-state index in [0.29, 0.717) is 25.1 Å². The van der Waals surface area contributed by atoms with Gasteiger partial charge in [0.15, 0.2) is 0 Å². The summed E-state index contributed by atoms with van der Waals surface area (Å²) >= 11 is 1.49. The quantitative estimate of drug-likeness (QED) is 0.480. The van der Waals surface area contributed by atoms with Crippen LogP contribution in [0.3, 0.4) is 0 Å². The summed E-state index contributed by atoms with van der Waals surface area (Å²) in [7, 11) is 0. The van der Waals surface area contributed by atoms with E-state index in [0.717, 1.165) is 34.5 Å². The highest BCUT2D eigenvalue weighted by Gasteiger charge is 2.20. The maximum absolute atomic E-state index is 13.0. The summed E-state index contributed by atoms with van der Waals surface area (Å²) in [6.45, 7) is 3.61. The fourth-order valence-electron chi connectivity index (χ4n) is 3.82. The average Bonchev–Trinajstić information content (AvgIpc) is 3.50. The molecule has 0 saturated carbocycles. The lowest BCUT2D eigenvalue weighted by molar-refractivity contribution is -0.128. The lowest BCUT2D eigenvalue weighted by Gasteiger charge is -2.16. The molecule has 1 saturated heterocycles. The molecule has 0 atom stereocenters. The Bertz CT molecular complexity index is 1200. The number of hydrogen-bond donors (Lipinski definition) is 2. The van der Waals surface area contributed by atoms with Crippen LogP contribution in [0.2, 0.25) is 0 Å². The molecule has 3 amide bonds. The van der Waals surface area contributed by atoms with E-state index in [1.165, 1.54) is 11.3 Å². The van der Waals surface area contributed by atoms with Crippen LogP contribution in [-0.2, 0) is 22.7 Å². The van der Waals surface area contributed by atoms with Crippen molar-refractivity contribution in [1.82, 2.24) is 15.5 Å². The molecule has 0 bridgehead atoms. The van der Waals surface area contributed by atoms with Gasteiger partial charge >= 0.3 is 0 Å². The topological polar surface area (TPSA) is 78.5 Å². The van der Waals surface area contributed by atoms with Gasteiger partial charge in [0.2, 0.25) is 5.91 Å². The molecule has 2 heterocycles. The summed E-state index contributed by atoms with van der Waals surface area (Å²) in [5, 5.41) is 7.60. The Labute approximate surface area is 203 Å². The summed E-state index contributed by atoms with van der Waals surface area (Å²) < 4.78 is 0. The van der Waals surface area contributed by atoms with E-state index in [2.05, 4.69) is 10.6 Å². The summed E-state index contributed by atoms with van der Waals surface area (Å²) in [6.07, 6.45) is 3.24. The number of benzene rings is 2. The first kappa shape index (κ1) is 23.4. The zero-order valence-corrected chi connectivity index (χ0v) is 19.9. The van der Waals surface area contributed by atoms with Crippen LogP contribution in [0.15, 0.2) is 71.7 Å². The van der Waals surface area contributed by atoms with Crippen molar-refractivity contribution < 1.29 is 14.4 Å². The molecule has 34 heavy (non-hydrogen) atoms. The molecule has 0 unspecified atom stereocenters. The number of aryl methyl sites for hydroxylation is 1. The largest absolute Gasteiger partial charge is 0.347 e. The minimum atomic E-state index is -0.359. The number of nitrogens with zero attached hydrogens (tertiary/aromatic N) is 1. The Kier molecular flexibility index (Phi) is 7.54. The molecule has 4 rings (SSSR count). The van der Waals surface area contributed by atoms with Gasteiger partial charge in [0.05, 0.1) is 0 Å². The van der Waals surface area contributed by atoms with Gasteiger partial charge in [-0.15, -0.1) is 11.3 Å². The number of hydrogen-bond acceptors (Lipinski definition) is 4. The monoisotopic (exact) mass is 473 g/mol. The van der Waals surface area contributed by atoms with E-state index in [1.807, 2.05) is 65.7 Å². The minimum Gasteiger partial charge on any atom is -0.347 e. The Morgan fingerprint density at radius 3 is 2.47 bits per heavy atom. The summed E-state index contributed by atoms with van der Waals surface area (Å²) in [5.74, 6) is -0.479. The fraction of sp³-hybridized carbons (Fsp3) is 0.222. The fourth-order valence-corrected chi connectivity index (χ4v) is 4.48. The van der Waals surface area contributed by atoms with Gasteiger partial charge in [-0.3, -0.25) is 14.4 Å². The van der Waals surface area contributed by atoms with Crippen molar-refractivity contribution >= 4 is 35.1 Å². The van der Waals surface area contributed by atoms with E-state index in [9.17, 15) is 14.4 Å². The zero-order valence-electron chi connectivity index (χ0n) is 19.0. The predicted octanol–water partition coefficient (Wildman–Crippen LogP) is 4.27. The second-order valence-electron chi connectivity index (χ2n) is 8.26. The third-order valence-corrected chi connectivity index (χ3v) is 6.55. The van der Waals surface area contributed by atoms with Crippen molar-refractivity contribution in [2.24, 2.45) is 0 Å². The number of carbonyl (C=O) groups is 3. The highest BCUT2D eigenvalue weighted by Crippen LogP contribution is 2.16. The van der Waals surface area contributed by atoms with Gasteiger partial charge in [-0.1, -0.05) is 48.5 Å². The average molecular weight is 474 g/mol. The molecule has 0 spiro atoms. The highest BCUT2D eigenvalue weighted by atomic mass is 32.1. The molecule has 6 nitrogen and oxygen atoms in total. The van der Waals surface area contributed by atoms with Crippen LogP contribution < -0.4 is 10.6 Å². The van der Waals surface area contributed by atoms with Gasteiger partial charge in [0.25, 0.3) is 11.8 Å². The molecule has 0 aliphatic carbocycles. The molecular formula is C27H27N3O3S. The standard InChI is InChI=1S/C27H27N3O3S/c1-19-6-2-3-8-23(19)26(32)29-24(16-22-7-5-15-34-22)27(33)28-17-20-10-12-21(13-11-20)18-30-14-4-9-25(30)31/h2-3,5-8,10-13,15-16H,4,9,14,17-18H2,1H3,(H,28,33)(H,29,32)/b24-16-. The minimum absolute atomic E-state index is 0.194. The Morgan fingerprint density at radius 1 is 1.03 bits per heavy atom. The van der Waals surface area contributed by atoms with Crippen molar-refractivity contribution in [3.63, 3.8) is 0 Å². The third kappa shape index (κ3) is 5.99. The number of carbonyl (C=O) groups excluding carboxylic acids is 3. The lowest BCUT2D eigenvalue weighted by atomic mass is 10.1. The molecular weight excluding hydrogens is 446 g/mol. The smallest absolute Gasteiger partial charge is 0.268 e. The van der Waals surface area contributed by atoms with Gasteiger partial charge < -0.3 is 15.5 Å². The predicted molar refractivity (Wildman–Crippen MR) is 134 cm³/mol. The maximum atomic E-state index is 13.0. The van der Waals surface area contributed by atoms with E-state index < -0.39 is 0 Å². The highest BCUT2D eigenvalue weighted by molar-refractivity contribution is 7.10. The molecule has 0 radical (unpaired) electrons. The number of likely N-dealkylation sites (tertiary alicyclic amines) is 1. The summed E-state index contributed by atoms with van der Waals surface area (Å²) in [4.78, 5) is 40.4. The zero-order chi connectivity index (χ0) is 23.9. The van der Waals surface area contributed by atoms with Crippen LogP contribution in [0.1, 0.15) is 44.8 Å². The summed E-state index contributed by atoms with van der Waals surface area (Å²) in [6, 6.07) is 18.9. The van der Waals surface area contributed by atoms with E-state index in [4.69, 9.17) is 0 Å². The lowest BCUT2D eigenvalue weighted by Crippen LogP contribution is -2.34. The molecule has 7 heteroatoms. The van der Waals surface area contributed by atoms with Crippen molar-refractivity contribution in [2.45, 2.75) is 32.9 Å². The van der Waals surface area contributed by atoms with Crippen molar-refractivity contribution in [3.05, 3.63) is 98.9 Å². The summed E-state index contributed by atoms with van der Waals surface area (Å²) in [5.41, 5.74) is 3.56. The molecule has 1 fully saturated rings. The molecule has 174 valence electrons. The van der Waals surface area contributed by atoms with Crippen molar-refractivity contribution in [2.75, 3.05) is 6.54 Å². The van der Waals surface area contributed by atoms with Crippen LogP contribution in [-0.4, -0.2) is 29.2 Å². The number of rotatable bonds is 8. The molecule has 1 aliphatic heterocycles. The van der Waals surface area contributed by atoms with Gasteiger partial charge in [-0.25, -0.2) is 0 Å². The first-order chi connectivity index (χ1) is 16.5. The van der Waals surface area contributed by atoms with Gasteiger partial charge in [-0.2, -0.15) is 0 Å². The van der Waals surface area contributed by atoms with Crippen LogP contribution in [0.25, 0.3) is 6.08 Å². The van der Waals surface area contributed by atoms with Crippen LogP contribution in [0.4, 0.5) is 0 Å². The molecule has 2 N–H and O–H groups in total. The number of nitrogens with one attached hydrogen (secondary N) is 2. The van der Waals surface area contributed by atoms with Gasteiger partial charge in [-0.05, 0) is 53.6 Å². The SMILES string of the molecule is Cc1ccccc1C(=O)N/C(=C\c1cccs1)C(=O)NCc1ccc(CN2CCCC2=O)cc1. The number of amides is 3. The van der Waals surface area contributed by atoms with Crippen molar-refractivity contribution in [3.8, 4) is 0 Å². The molecule has 1 aliphatic rings. The van der Waals surface area contributed by atoms with Crippen LogP contribution in [0.5, 0.6) is 0 Å².